The quantitative estimate of drug-likeness (QED) is 0.611. The van der Waals surface area contributed by atoms with Gasteiger partial charge in [0.05, 0.1) is 0 Å². The lowest BCUT2D eigenvalue weighted by Gasteiger charge is -2.32. The van der Waals surface area contributed by atoms with Crippen LogP contribution in [0.15, 0.2) is 22.7 Å². The highest BCUT2D eigenvalue weighted by atomic mass is 79.9. The minimum atomic E-state index is -1.18. The maximum atomic E-state index is 11.8. The standard InChI is InChI=1S/C14H14BrClO4/c1-14(2)19-12(17)10(13(18)20-14)6-4-8-3-5-9(16)7-11(8)15/h3,5,7,10H,4,6H2,1-2H3. The number of hydrogen-bond donors (Lipinski definition) is 0. The molecule has 1 aliphatic heterocycles. The zero-order valence-electron chi connectivity index (χ0n) is 11.1. The highest BCUT2D eigenvalue weighted by Gasteiger charge is 2.42. The van der Waals surface area contributed by atoms with E-state index < -0.39 is 23.6 Å². The number of rotatable bonds is 3. The molecule has 108 valence electrons. The fourth-order valence-electron chi connectivity index (χ4n) is 2.00. The Hall–Kier alpha value is -1.07. The van der Waals surface area contributed by atoms with Crippen LogP contribution in [-0.2, 0) is 25.5 Å². The van der Waals surface area contributed by atoms with E-state index >= 15 is 0 Å². The highest BCUT2D eigenvalue weighted by Crippen LogP contribution is 2.28. The van der Waals surface area contributed by atoms with Gasteiger partial charge in [0, 0.05) is 23.3 Å². The summed E-state index contributed by atoms with van der Waals surface area (Å²) in [5, 5.41) is 0.624. The van der Waals surface area contributed by atoms with Crippen LogP contribution in [0.4, 0.5) is 0 Å². The van der Waals surface area contributed by atoms with Gasteiger partial charge in [-0.25, -0.2) is 0 Å². The van der Waals surface area contributed by atoms with Crippen molar-refractivity contribution in [1.82, 2.24) is 0 Å². The number of carbonyl (C=O) groups excluding carboxylic acids is 2. The van der Waals surface area contributed by atoms with Crippen molar-refractivity contribution in [2.75, 3.05) is 0 Å². The highest BCUT2D eigenvalue weighted by molar-refractivity contribution is 9.10. The van der Waals surface area contributed by atoms with Gasteiger partial charge in [0.25, 0.3) is 5.79 Å². The minimum absolute atomic E-state index is 0.341. The lowest BCUT2D eigenvalue weighted by atomic mass is 9.98. The van der Waals surface area contributed by atoms with E-state index in [9.17, 15) is 9.59 Å². The maximum Gasteiger partial charge on any atom is 0.323 e. The van der Waals surface area contributed by atoms with Gasteiger partial charge in [-0.1, -0.05) is 33.6 Å². The zero-order valence-corrected chi connectivity index (χ0v) is 13.5. The third-order valence-electron chi connectivity index (χ3n) is 2.98. The van der Waals surface area contributed by atoms with E-state index in [1.54, 1.807) is 12.1 Å². The second-order valence-corrected chi connectivity index (χ2v) is 6.36. The first-order chi connectivity index (χ1) is 9.28. The summed E-state index contributed by atoms with van der Waals surface area (Å²) in [6.07, 6.45) is 0.890. The molecule has 0 radical (unpaired) electrons. The molecule has 0 aliphatic carbocycles. The number of ether oxygens (including phenoxy) is 2. The molecule has 4 nitrogen and oxygen atoms in total. The van der Waals surface area contributed by atoms with E-state index in [0.717, 1.165) is 10.0 Å². The predicted octanol–water partition coefficient (Wildman–Crippen LogP) is 3.49. The van der Waals surface area contributed by atoms with Crippen LogP contribution in [0.5, 0.6) is 0 Å². The van der Waals surface area contributed by atoms with Crippen molar-refractivity contribution in [1.29, 1.82) is 0 Å². The van der Waals surface area contributed by atoms with Gasteiger partial charge in [-0.05, 0) is 30.5 Å². The molecular formula is C14H14BrClO4. The second-order valence-electron chi connectivity index (χ2n) is 5.07. The SMILES string of the molecule is CC1(C)OC(=O)C(CCc2ccc(Cl)cc2Br)C(=O)O1. The molecule has 0 N–H and O–H groups in total. The second kappa shape index (κ2) is 5.74. The van der Waals surface area contributed by atoms with E-state index in [1.807, 2.05) is 6.07 Å². The normalized spacial score (nSPS) is 18.6. The molecule has 0 saturated carbocycles. The average Bonchev–Trinajstić information content (AvgIpc) is 2.28. The van der Waals surface area contributed by atoms with Gasteiger partial charge < -0.3 is 9.47 Å². The molecule has 0 amide bonds. The molecule has 20 heavy (non-hydrogen) atoms. The van der Waals surface area contributed by atoms with Gasteiger partial charge in [0.15, 0.2) is 5.92 Å². The topological polar surface area (TPSA) is 52.6 Å². The molecule has 1 aromatic rings. The molecule has 1 fully saturated rings. The van der Waals surface area contributed by atoms with Crippen molar-refractivity contribution < 1.29 is 19.1 Å². The van der Waals surface area contributed by atoms with Gasteiger partial charge in [0.1, 0.15) is 0 Å². The van der Waals surface area contributed by atoms with E-state index in [4.69, 9.17) is 21.1 Å². The number of esters is 2. The summed E-state index contributed by atoms with van der Waals surface area (Å²) in [6, 6.07) is 5.40. The molecule has 1 aromatic carbocycles. The van der Waals surface area contributed by atoms with Gasteiger partial charge in [-0.2, -0.15) is 0 Å². The van der Waals surface area contributed by atoms with Gasteiger partial charge in [0.2, 0.25) is 0 Å². The van der Waals surface area contributed by atoms with E-state index in [-0.39, 0.29) is 0 Å². The number of benzene rings is 1. The Balaban J connectivity index is 2.04. The summed E-state index contributed by atoms with van der Waals surface area (Å²) >= 11 is 9.27. The third-order valence-corrected chi connectivity index (χ3v) is 3.95. The lowest BCUT2D eigenvalue weighted by molar-refractivity contribution is -0.240. The Kier molecular flexibility index (Phi) is 4.39. The van der Waals surface area contributed by atoms with Gasteiger partial charge >= 0.3 is 11.9 Å². The molecule has 0 unspecified atom stereocenters. The molecule has 2 rings (SSSR count). The van der Waals surface area contributed by atoms with Crippen LogP contribution < -0.4 is 0 Å². The van der Waals surface area contributed by atoms with Gasteiger partial charge in [-0.3, -0.25) is 9.59 Å². The molecular weight excluding hydrogens is 348 g/mol. The molecule has 0 aromatic heterocycles. The molecule has 1 aliphatic rings. The van der Waals surface area contributed by atoms with Crippen LogP contribution in [-0.4, -0.2) is 17.7 Å². The van der Waals surface area contributed by atoms with Crippen LogP contribution in [0.1, 0.15) is 25.8 Å². The number of hydrogen-bond acceptors (Lipinski definition) is 4. The summed E-state index contributed by atoms with van der Waals surface area (Å²) in [5.41, 5.74) is 0.972. The van der Waals surface area contributed by atoms with Crippen LogP contribution in [0, 0.1) is 5.92 Å². The first kappa shape index (κ1) is 15.3. The van der Waals surface area contributed by atoms with E-state index in [0.29, 0.717) is 17.9 Å². The summed E-state index contributed by atoms with van der Waals surface area (Å²) in [5.74, 6) is -3.11. The first-order valence-electron chi connectivity index (χ1n) is 6.18. The molecule has 0 atom stereocenters. The Bertz CT molecular complexity index is 536. The number of carbonyl (C=O) groups is 2. The van der Waals surface area contributed by atoms with Gasteiger partial charge in [-0.15, -0.1) is 0 Å². The molecule has 6 heteroatoms. The van der Waals surface area contributed by atoms with Crippen molar-refractivity contribution in [3.63, 3.8) is 0 Å². The Morgan fingerprint density at radius 1 is 1.25 bits per heavy atom. The zero-order chi connectivity index (χ0) is 14.9. The fourth-order valence-corrected chi connectivity index (χ4v) is 2.88. The minimum Gasteiger partial charge on any atom is -0.422 e. The van der Waals surface area contributed by atoms with E-state index in [2.05, 4.69) is 15.9 Å². The Morgan fingerprint density at radius 2 is 1.85 bits per heavy atom. The molecule has 1 heterocycles. The Morgan fingerprint density at radius 3 is 2.40 bits per heavy atom. The first-order valence-corrected chi connectivity index (χ1v) is 7.35. The third kappa shape index (κ3) is 3.52. The fraction of sp³-hybridized carbons (Fsp3) is 0.429. The average molecular weight is 362 g/mol. The molecule has 1 saturated heterocycles. The smallest absolute Gasteiger partial charge is 0.323 e. The monoisotopic (exact) mass is 360 g/mol. The number of aryl methyl sites for hydroxylation is 1. The van der Waals surface area contributed by atoms with Crippen LogP contribution >= 0.6 is 27.5 Å². The van der Waals surface area contributed by atoms with Crippen molar-refractivity contribution >= 4 is 39.5 Å². The summed E-state index contributed by atoms with van der Waals surface area (Å²) < 4.78 is 11.0. The van der Waals surface area contributed by atoms with E-state index in [1.165, 1.54) is 13.8 Å². The lowest BCUT2D eigenvalue weighted by Crippen LogP contribution is -2.46. The number of halogens is 2. The van der Waals surface area contributed by atoms with Crippen LogP contribution in [0.2, 0.25) is 5.02 Å². The van der Waals surface area contributed by atoms with Crippen molar-refractivity contribution in [3.05, 3.63) is 33.3 Å². The van der Waals surface area contributed by atoms with Crippen molar-refractivity contribution in [2.45, 2.75) is 32.5 Å². The molecule has 0 bridgehead atoms. The van der Waals surface area contributed by atoms with Crippen molar-refractivity contribution in [3.8, 4) is 0 Å². The maximum absolute atomic E-state index is 11.8. The van der Waals surface area contributed by atoms with Crippen LogP contribution in [0.25, 0.3) is 0 Å². The predicted molar refractivity (Wildman–Crippen MR) is 77.2 cm³/mol. The summed E-state index contributed by atoms with van der Waals surface area (Å²) in [7, 11) is 0. The number of cyclic esters (lactones) is 2. The largest absolute Gasteiger partial charge is 0.422 e. The van der Waals surface area contributed by atoms with Crippen molar-refractivity contribution in [2.24, 2.45) is 5.92 Å². The Labute approximate surface area is 130 Å². The van der Waals surface area contributed by atoms with Crippen LogP contribution in [0.3, 0.4) is 0 Å². The molecule has 0 spiro atoms. The summed E-state index contributed by atoms with van der Waals surface area (Å²) in [6.45, 7) is 3.07. The summed E-state index contributed by atoms with van der Waals surface area (Å²) in [4.78, 5) is 23.6.